The topological polar surface area (TPSA) is 94.6 Å². The van der Waals surface area contributed by atoms with Crippen LogP contribution in [0.25, 0.3) is 0 Å². The van der Waals surface area contributed by atoms with E-state index < -0.39 is 5.92 Å². The predicted octanol–water partition coefficient (Wildman–Crippen LogP) is 1.94. The maximum atomic E-state index is 12.6. The van der Waals surface area contributed by atoms with Gasteiger partial charge in [0.1, 0.15) is 5.82 Å². The zero-order valence-electron chi connectivity index (χ0n) is 14.8. The fourth-order valence-electron chi connectivity index (χ4n) is 3.17. The van der Waals surface area contributed by atoms with Crippen molar-refractivity contribution in [3.05, 3.63) is 38.4 Å². The van der Waals surface area contributed by atoms with Crippen molar-refractivity contribution in [1.82, 2.24) is 9.55 Å². The van der Waals surface area contributed by atoms with Gasteiger partial charge in [-0.3, -0.25) is 14.6 Å². The summed E-state index contributed by atoms with van der Waals surface area (Å²) in [5.41, 5.74) is 0.815. The first-order chi connectivity index (χ1) is 12.4. The van der Waals surface area contributed by atoms with Crippen LogP contribution in [0.15, 0.2) is 16.9 Å². The quantitative estimate of drug-likeness (QED) is 0.791. The molecule has 1 aromatic heterocycles. The molecule has 1 aliphatic rings. The molecule has 1 aliphatic heterocycles. The maximum Gasteiger partial charge on any atom is 0.257 e. The second-order valence-electron chi connectivity index (χ2n) is 5.84. The maximum absolute atomic E-state index is 12.6. The lowest BCUT2D eigenvalue weighted by Crippen LogP contribution is -2.33. The number of amides is 1. The normalized spacial score (nSPS) is 15.8. The van der Waals surface area contributed by atoms with Crippen molar-refractivity contribution in [3.8, 4) is 17.2 Å². The van der Waals surface area contributed by atoms with Gasteiger partial charge in [-0.1, -0.05) is 0 Å². The van der Waals surface area contributed by atoms with Crippen LogP contribution >= 0.6 is 12.2 Å². The van der Waals surface area contributed by atoms with Crippen LogP contribution in [0.1, 0.15) is 23.5 Å². The van der Waals surface area contributed by atoms with Gasteiger partial charge in [-0.25, -0.2) is 0 Å². The molecule has 0 saturated carbocycles. The van der Waals surface area contributed by atoms with Gasteiger partial charge in [0.2, 0.25) is 11.7 Å². The first-order valence-electron chi connectivity index (χ1n) is 7.84. The third-order valence-corrected chi connectivity index (χ3v) is 4.82. The van der Waals surface area contributed by atoms with E-state index in [0.29, 0.717) is 34.2 Å². The number of nitrogens with one attached hydrogen (secondary N) is 2. The van der Waals surface area contributed by atoms with Crippen LogP contribution < -0.4 is 25.1 Å². The summed E-state index contributed by atoms with van der Waals surface area (Å²) in [4.78, 5) is 27.5. The molecule has 0 radical (unpaired) electrons. The van der Waals surface area contributed by atoms with Crippen LogP contribution in [0.4, 0.5) is 5.82 Å². The Labute approximate surface area is 154 Å². The van der Waals surface area contributed by atoms with E-state index in [4.69, 9.17) is 26.4 Å². The number of fused-ring (bicyclic) bond motifs is 1. The summed E-state index contributed by atoms with van der Waals surface area (Å²) < 4.78 is 17.9. The Kier molecular flexibility index (Phi) is 4.73. The van der Waals surface area contributed by atoms with Gasteiger partial charge in [-0.15, -0.1) is 0 Å². The van der Waals surface area contributed by atoms with E-state index in [1.807, 2.05) is 0 Å². The monoisotopic (exact) mass is 377 g/mol. The highest BCUT2D eigenvalue weighted by atomic mass is 32.1. The van der Waals surface area contributed by atoms with E-state index in [1.165, 1.54) is 21.3 Å². The van der Waals surface area contributed by atoms with Crippen molar-refractivity contribution in [1.29, 1.82) is 0 Å². The van der Waals surface area contributed by atoms with Crippen molar-refractivity contribution in [2.75, 3.05) is 26.6 Å². The first-order valence-corrected chi connectivity index (χ1v) is 8.25. The van der Waals surface area contributed by atoms with Crippen molar-refractivity contribution in [2.24, 2.45) is 7.05 Å². The van der Waals surface area contributed by atoms with Crippen molar-refractivity contribution in [2.45, 2.75) is 12.3 Å². The summed E-state index contributed by atoms with van der Waals surface area (Å²) in [5, 5.41) is 2.74. The number of carbonyl (C=O) groups is 1. The molecule has 2 heterocycles. The first kappa shape index (κ1) is 18.0. The lowest BCUT2D eigenvalue weighted by molar-refractivity contribution is -0.116. The number of benzene rings is 1. The zero-order chi connectivity index (χ0) is 19.0. The van der Waals surface area contributed by atoms with E-state index >= 15 is 0 Å². The predicted molar refractivity (Wildman–Crippen MR) is 98.1 cm³/mol. The standard InChI is InChI=1S/C17H19N3O5S/c1-20-15-13(16(22)19-17(20)26)9(7-12(21)18-15)8-5-10(23-2)14(25-4)11(6-8)24-3/h5-6,9H,7H2,1-4H3,(H,18,21)(H,19,22,26). The highest BCUT2D eigenvalue weighted by molar-refractivity contribution is 7.71. The number of hydrogen-bond acceptors (Lipinski definition) is 6. The third kappa shape index (κ3) is 2.84. The van der Waals surface area contributed by atoms with Crippen molar-refractivity contribution >= 4 is 23.9 Å². The van der Waals surface area contributed by atoms with Crippen LogP contribution in [0.2, 0.25) is 0 Å². The number of carbonyl (C=O) groups excluding carboxylic acids is 1. The number of hydrogen-bond donors (Lipinski definition) is 2. The minimum Gasteiger partial charge on any atom is -0.493 e. The van der Waals surface area contributed by atoms with E-state index in [0.717, 1.165) is 0 Å². The number of rotatable bonds is 4. The fraction of sp³-hybridized carbons (Fsp3) is 0.353. The Bertz CT molecular complexity index is 970. The number of aromatic nitrogens is 2. The number of H-pyrrole nitrogens is 1. The van der Waals surface area contributed by atoms with E-state index in [9.17, 15) is 9.59 Å². The van der Waals surface area contributed by atoms with Gasteiger partial charge in [-0.2, -0.15) is 0 Å². The van der Waals surface area contributed by atoms with Gasteiger partial charge in [0.15, 0.2) is 16.3 Å². The smallest absolute Gasteiger partial charge is 0.257 e. The van der Waals surface area contributed by atoms with Gasteiger partial charge >= 0.3 is 0 Å². The van der Waals surface area contributed by atoms with Crippen LogP contribution in [0.5, 0.6) is 17.2 Å². The number of ether oxygens (including phenoxy) is 3. The Morgan fingerprint density at radius 2 is 1.73 bits per heavy atom. The summed E-state index contributed by atoms with van der Waals surface area (Å²) >= 11 is 5.13. The molecule has 2 aromatic rings. The second-order valence-corrected chi connectivity index (χ2v) is 6.23. The highest BCUT2D eigenvalue weighted by Gasteiger charge is 2.32. The molecule has 26 heavy (non-hydrogen) atoms. The summed E-state index contributed by atoms with van der Waals surface area (Å²) in [6, 6.07) is 3.49. The molecule has 1 unspecified atom stereocenters. The Hall–Kier alpha value is -2.81. The molecule has 8 nitrogen and oxygen atoms in total. The van der Waals surface area contributed by atoms with Gasteiger partial charge in [0.25, 0.3) is 5.56 Å². The molecule has 1 aromatic carbocycles. The van der Waals surface area contributed by atoms with Crippen molar-refractivity contribution < 1.29 is 19.0 Å². The van der Waals surface area contributed by atoms with Crippen LogP contribution in [0.3, 0.4) is 0 Å². The highest BCUT2D eigenvalue weighted by Crippen LogP contribution is 2.43. The lowest BCUT2D eigenvalue weighted by Gasteiger charge is -2.27. The zero-order valence-corrected chi connectivity index (χ0v) is 15.7. The average Bonchev–Trinajstić information content (AvgIpc) is 2.63. The minimum atomic E-state index is -0.474. The number of methoxy groups -OCH3 is 3. The van der Waals surface area contributed by atoms with Gasteiger partial charge in [0.05, 0.1) is 26.9 Å². The van der Waals surface area contributed by atoms with E-state index in [1.54, 1.807) is 23.7 Å². The molecule has 138 valence electrons. The average molecular weight is 377 g/mol. The number of aromatic amines is 1. The lowest BCUT2D eigenvalue weighted by atomic mass is 9.86. The molecule has 0 saturated heterocycles. The molecule has 0 spiro atoms. The molecule has 2 N–H and O–H groups in total. The summed E-state index contributed by atoms with van der Waals surface area (Å²) in [7, 11) is 6.23. The van der Waals surface area contributed by atoms with Crippen LogP contribution in [-0.2, 0) is 11.8 Å². The molecular weight excluding hydrogens is 358 g/mol. The largest absolute Gasteiger partial charge is 0.493 e. The Morgan fingerprint density at radius 1 is 1.12 bits per heavy atom. The van der Waals surface area contributed by atoms with Crippen LogP contribution in [0, 0.1) is 4.77 Å². The Balaban J connectivity index is 2.27. The van der Waals surface area contributed by atoms with Crippen molar-refractivity contribution in [3.63, 3.8) is 0 Å². The van der Waals surface area contributed by atoms with Crippen LogP contribution in [-0.4, -0.2) is 36.8 Å². The summed E-state index contributed by atoms with van der Waals surface area (Å²) in [6.07, 6.45) is 0.117. The SMILES string of the molecule is COc1cc(C2CC(=O)Nc3c2c(=O)[nH]c(=S)n3C)cc(OC)c1OC. The second kappa shape index (κ2) is 6.83. The van der Waals surface area contributed by atoms with E-state index in [2.05, 4.69) is 10.3 Å². The van der Waals surface area contributed by atoms with Gasteiger partial charge < -0.3 is 24.1 Å². The molecule has 9 heteroatoms. The molecule has 1 atom stereocenters. The number of nitrogens with zero attached hydrogens (tertiary/aromatic N) is 1. The molecule has 0 bridgehead atoms. The molecule has 1 amide bonds. The van der Waals surface area contributed by atoms with Gasteiger partial charge in [0, 0.05) is 19.4 Å². The number of anilines is 1. The molecule has 3 rings (SSSR count). The molecule has 0 aliphatic carbocycles. The van der Waals surface area contributed by atoms with E-state index in [-0.39, 0.29) is 22.7 Å². The third-order valence-electron chi connectivity index (χ3n) is 4.45. The van der Waals surface area contributed by atoms with Gasteiger partial charge in [-0.05, 0) is 29.9 Å². The molecular formula is C17H19N3O5S. The minimum absolute atomic E-state index is 0.117. The Morgan fingerprint density at radius 3 is 2.27 bits per heavy atom. The molecule has 0 fully saturated rings. The fourth-order valence-corrected chi connectivity index (χ4v) is 3.35. The summed E-state index contributed by atoms with van der Waals surface area (Å²) in [5.74, 6) is 1.07. The summed E-state index contributed by atoms with van der Waals surface area (Å²) in [6.45, 7) is 0.